The number of nitrogens with two attached hydrogens (primary N) is 1. The molecule has 0 atom stereocenters. The van der Waals surface area contributed by atoms with Crippen LogP contribution < -0.4 is 11.1 Å². The Morgan fingerprint density at radius 3 is 2.24 bits per heavy atom. The number of aliphatic carboxylic acids is 1. The first-order valence-corrected chi connectivity index (χ1v) is 5.45. The minimum Gasteiger partial charge on any atom is -0.480 e. The third kappa shape index (κ3) is 5.14. The van der Waals surface area contributed by atoms with Crippen molar-refractivity contribution in [3.8, 4) is 0 Å². The molecular weight excluding hydrogens is 224 g/mol. The molecule has 0 aliphatic rings. The molecule has 0 radical (unpaired) electrons. The lowest BCUT2D eigenvalue weighted by Gasteiger charge is -2.36. The molecule has 17 heavy (non-hydrogen) atoms. The zero-order valence-electron chi connectivity index (χ0n) is 10.9. The van der Waals surface area contributed by atoms with E-state index in [1.807, 2.05) is 0 Å². The van der Waals surface area contributed by atoms with E-state index in [0.717, 1.165) is 0 Å². The summed E-state index contributed by atoms with van der Waals surface area (Å²) >= 11 is 0. The Labute approximate surface area is 102 Å². The van der Waals surface area contributed by atoms with Gasteiger partial charge >= 0.3 is 5.97 Å². The molecule has 0 aliphatic carbocycles. The smallest absolute Gasteiger partial charge is 0.329 e. The van der Waals surface area contributed by atoms with Crippen molar-refractivity contribution in [1.82, 2.24) is 5.32 Å². The van der Waals surface area contributed by atoms with Gasteiger partial charge < -0.3 is 20.9 Å². The number of hydrogen-bond donors (Lipinski definition) is 3. The standard InChI is InChI=1S/C11H22N2O4/c1-10(2,11(3,4)12)9(16)13-5-6-17-7-8(14)15/h5-7,12H2,1-4H3,(H,13,16)(H,14,15). The van der Waals surface area contributed by atoms with Crippen LogP contribution in [-0.4, -0.2) is 42.3 Å². The minimum absolute atomic E-state index is 0.166. The molecule has 0 aliphatic heterocycles. The van der Waals surface area contributed by atoms with Crippen molar-refractivity contribution >= 4 is 11.9 Å². The SMILES string of the molecule is CC(C)(N)C(C)(C)C(=O)NCCOCC(=O)O. The Bertz CT molecular complexity index is 282. The predicted octanol–water partition coefficient (Wildman–Crippen LogP) is -0.0327. The molecule has 0 rings (SSSR count). The third-order valence-electron chi connectivity index (χ3n) is 2.94. The number of nitrogens with one attached hydrogen (secondary N) is 1. The molecule has 0 unspecified atom stereocenters. The summed E-state index contributed by atoms with van der Waals surface area (Å²) < 4.78 is 4.80. The van der Waals surface area contributed by atoms with E-state index in [1.165, 1.54) is 0 Å². The van der Waals surface area contributed by atoms with Gasteiger partial charge in [0, 0.05) is 12.1 Å². The first-order valence-electron chi connectivity index (χ1n) is 5.45. The summed E-state index contributed by atoms with van der Waals surface area (Å²) in [6.07, 6.45) is 0. The van der Waals surface area contributed by atoms with Crippen molar-refractivity contribution in [2.24, 2.45) is 11.1 Å². The van der Waals surface area contributed by atoms with E-state index >= 15 is 0 Å². The van der Waals surface area contributed by atoms with E-state index in [4.69, 9.17) is 15.6 Å². The van der Waals surface area contributed by atoms with Gasteiger partial charge in [0.15, 0.2) is 0 Å². The first kappa shape index (κ1) is 15.9. The Kier molecular flexibility index (Phi) is 5.57. The van der Waals surface area contributed by atoms with Gasteiger partial charge in [-0.05, 0) is 27.7 Å². The van der Waals surface area contributed by atoms with Crippen LogP contribution >= 0.6 is 0 Å². The molecule has 6 nitrogen and oxygen atoms in total. The minimum atomic E-state index is -1.03. The van der Waals surface area contributed by atoms with Crippen LogP contribution in [-0.2, 0) is 14.3 Å². The monoisotopic (exact) mass is 246 g/mol. The Morgan fingerprint density at radius 2 is 1.82 bits per heavy atom. The predicted molar refractivity (Wildman–Crippen MR) is 63.5 cm³/mol. The van der Waals surface area contributed by atoms with Crippen molar-refractivity contribution in [3.05, 3.63) is 0 Å². The third-order valence-corrected chi connectivity index (χ3v) is 2.94. The van der Waals surface area contributed by atoms with Crippen LogP contribution in [0.1, 0.15) is 27.7 Å². The molecule has 6 heteroatoms. The number of carboxylic acids is 1. The van der Waals surface area contributed by atoms with Gasteiger partial charge in [0.25, 0.3) is 0 Å². The highest BCUT2D eigenvalue weighted by Crippen LogP contribution is 2.28. The zero-order chi connectivity index (χ0) is 13.7. The van der Waals surface area contributed by atoms with Gasteiger partial charge in [0.1, 0.15) is 6.61 Å². The summed E-state index contributed by atoms with van der Waals surface area (Å²) in [6, 6.07) is 0. The first-order chi connectivity index (χ1) is 7.59. The molecule has 100 valence electrons. The largest absolute Gasteiger partial charge is 0.480 e. The van der Waals surface area contributed by atoms with Gasteiger partial charge in [0.2, 0.25) is 5.91 Å². The highest BCUT2D eigenvalue weighted by Gasteiger charge is 2.40. The van der Waals surface area contributed by atoms with Crippen LogP contribution in [0, 0.1) is 5.41 Å². The highest BCUT2D eigenvalue weighted by molar-refractivity contribution is 5.83. The fourth-order valence-electron chi connectivity index (χ4n) is 0.910. The van der Waals surface area contributed by atoms with Crippen LogP contribution in [0.5, 0.6) is 0 Å². The fourth-order valence-corrected chi connectivity index (χ4v) is 0.910. The van der Waals surface area contributed by atoms with Gasteiger partial charge in [-0.25, -0.2) is 4.79 Å². The second-order valence-electron chi connectivity index (χ2n) is 5.05. The quantitative estimate of drug-likeness (QED) is 0.547. The van der Waals surface area contributed by atoms with Crippen molar-refractivity contribution in [2.45, 2.75) is 33.2 Å². The number of hydrogen-bond acceptors (Lipinski definition) is 4. The van der Waals surface area contributed by atoms with Crippen LogP contribution in [0.3, 0.4) is 0 Å². The maximum Gasteiger partial charge on any atom is 0.329 e. The Morgan fingerprint density at radius 1 is 1.29 bits per heavy atom. The number of rotatable bonds is 7. The van der Waals surface area contributed by atoms with E-state index in [-0.39, 0.29) is 25.7 Å². The molecule has 0 fully saturated rings. The molecule has 0 bridgehead atoms. The second kappa shape index (κ2) is 5.97. The molecule has 0 aromatic carbocycles. The van der Waals surface area contributed by atoms with Gasteiger partial charge in [-0.3, -0.25) is 4.79 Å². The van der Waals surface area contributed by atoms with Crippen molar-refractivity contribution < 1.29 is 19.4 Å². The molecule has 0 saturated heterocycles. The Balaban J connectivity index is 3.99. The topological polar surface area (TPSA) is 102 Å². The van der Waals surface area contributed by atoms with Crippen LogP contribution in [0.4, 0.5) is 0 Å². The fraction of sp³-hybridized carbons (Fsp3) is 0.818. The molecule has 4 N–H and O–H groups in total. The normalized spacial score (nSPS) is 12.3. The summed E-state index contributed by atoms with van der Waals surface area (Å²) in [4.78, 5) is 22.0. The number of carbonyl (C=O) groups is 2. The number of carbonyl (C=O) groups excluding carboxylic acids is 1. The molecular formula is C11H22N2O4. The van der Waals surface area contributed by atoms with Gasteiger partial charge in [-0.2, -0.15) is 0 Å². The molecule has 0 saturated carbocycles. The zero-order valence-corrected chi connectivity index (χ0v) is 10.9. The second-order valence-corrected chi connectivity index (χ2v) is 5.05. The lowest BCUT2D eigenvalue weighted by Crippen LogP contribution is -2.55. The summed E-state index contributed by atoms with van der Waals surface area (Å²) in [6.45, 7) is 7.17. The molecule has 0 aromatic heterocycles. The highest BCUT2D eigenvalue weighted by atomic mass is 16.5. The van der Waals surface area contributed by atoms with Gasteiger partial charge in [-0.1, -0.05) is 0 Å². The number of ether oxygens (including phenoxy) is 1. The van der Waals surface area contributed by atoms with Crippen LogP contribution in [0.2, 0.25) is 0 Å². The summed E-state index contributed by atoms with van der Waals surface area (Å²) in [5.74, 6) is -1.20. The van der Waals surface area contributed by atoms with Gasteiger partial charge in [0.05, 0.1) is 12.0 Å². The van der Waals surface area contributed by atoms with E-state index < -0.39 is 16.9 Å². The van der Waals surface area contributed by atoms with Gasteiger partial charge in [-0.15, -0.1) is 0 Å². The van der Waals surface area contributed by atoms with E-state index in [0.29, 0.717) is 0 Å². The number of amides is 1. The lowest BCUT2D eigenvalue weighted by molar-refractivity contribution is -0.142. The molecule has 0 aromatic rings. The van der Waals surface area contributed by atoms with Crippen molar-refractivity contribution in [2.75, 3.05) is 19.8 Å². The summed E-state index contributed by atoms with van der Waals surface area (Å²) in [7, 11) is 0. The lowest BCUT2D eigenvalue weighted by atomic mass is 9.74. The van der Waals surface area contributed by atoms with Crippen molar-refractivity contribution in [1.29, 1.82) is 0 Å². The molecule has 1 amide bonds. The maximum atomic E-state index is 11.8. The molecule has 0 spiro atoms. The van der Waals surface area contributed by atoms with E-state index in [1.54, 1.807) is 27.7 Å². The average molecular weight is 246 g/mol. The Hall–Kier alpha value is -1.14. The van der Waals surface area contributed by atoms with Crippen molar-refractivity contribution in [3.63, 3.8) is 0 Å². The summed E-state index contributed by atoms with van der Waals surface area (Å²) in [5.41, 5.74) is 4.57. The average Bonchev–Trinajstić information content (AvgIpc) is 2.14. The molecule has 0 heterocycles. The van der Waals surface area contributed by atoms with Crippen LogP contribution in [0.25, 0.3) is 0 Å². The maximum absolute atomic E-state index is 11.8. The summed E-state index contributed by atoms with van der Waals surface area (Å²) in [5, 5.41) is 11.0. The van der Waals surface area contributed by atoms with E-state index in [9.17, 15) is 9.59 Å². The van der Waals surface area contributed by atoms with E-state index in [2.05, 4.69) is 5.32 Å². The number of carboxylic acid groups (broad SMARTS) is 1. The van der Waals surface area contributed by atoms with Crippen LogP contribution in [0.15, 0.2) is 0 Å².